The molecule has 0 fully saturated rings. The fraction of sp³-hybridized carbons (Fsp3) is 0.375. The lowest BCUT2D eigenvalue weighted by molar-refractivity contribution is -0.153. The fourth-order valence-corrected chi connectivity index (χ4v) is 4.12. The SMILES string of the molecule is CCOC(=O)[C@H]1C(=O)N(CCC(C)C)c2nc3ccccc3n2[C@H]1c1ccc(O)cc1. The highest BCUT2D eigenvalue weighted by atomic mass is 16.5. The van der Waals surface area contributed by atoms with Crippen LogP contribution in [0.4, 0.5) is 5.95 Å². The summed E-state index contributed by atoms with van der Waals surface area (Å²) in [6.07, 6.45) is 0.786. The van der Waals surface area contributed by atoms with Crippen molar-refractivity contribution >= 4 is 28.9 Å². The van der Waals surface area contributed by atoms with Gasteiger partial charge in [0.2, 0.25) is 11.9 Å². The maximum Gasteiger partial charge on any atom is 0.321 e. The number of anilines is 1. The molecule has 31 heavy (non-hydrogen) atoms. The van der Waals surface area contributed by atoms with Gasteiger partial charge in [0.25, 0.3) is 0 Å². The molecule has 0 aliphatic carbocycles. The number of phenols is 1. The summed E-state index contributed by atoms with van der Waals surface area (Å²) in [5.74, 6) is -0.856. The maximum absolute atomic E-state index is 13.7. The van der Waals surface area contributed by atoms with Crippen LogP contribution in [0, 0.1) is 11.8 Å². The van der Waals surface area contributed by atoms with E-state index in [9.17, 15) is 14.7 Å². The van der Waals surface area contributed by atoms with E-state index in [0.29, 0.717) is 18.4 Å². The number of carbonyl (C=O) groups excluding carboxylic acids is 2. The molecule has 0 saturated carbocycles. The summed E-state index contributed by atoms with van der Waals surface area (Å²) >= 11 is 0. The average molecular weight is 421 g/mol. The summed E-state index contributed by atoms with van der Waals surface area (Å²) in [6, 6.07) is 13.6. The van der Waals surface area contributed by atoms with Gasteiger partial charge in [-0.3, -0.25) is 14.5 Å². The molecule has 1 amide bonds. The lowest BCUT2D eigenvalue weighted by Crippen LogP contribution is -2.50. The summed E-state index contributed by atoms with van der Waals surface area (Å²) in [5, 5.41) is 9.77. The van der Waals surface area contributed by atoms with Gasteiger partial charge < -0.3 is 14.4 Å². The second kappa shape index (κ2) is 8.41. The summed E-state index contributed by atoms with van der Waals surface area (Å²) < 4.78 is 7.30. The highest BCUT2D eigenvalue weighted by molar-refractivity contribution is 6.08. The van der Waals surface area contributed by atoms with Crippen molar-refractivity contribution in [1.29, 1.82) is 0 Å². The van der Waals surface area contributed by atoms with Gasteiger partial charge in [0.1, 0.15) is 5.75 Å². The number of aromatic nitrogens is 2. The van der Waals surface area contributed by atoms with Gasteiger partial charge in [0, 0.05) is 6.54 Å². The molecule has 1 aromatic heterocycles. The van der Waals surface area contributed by atoms with Crippen molar-refractivity contribution in [2.75, 3.05) is 18.1 Å². The summed E-state index contributed by atoms with van der Waals surface area (Å²) in [5.41, 5.74) is 2.33. The first kappa shape index (κ1) is 20.9. The standard InChI is InChI=1S/C24H27N3O4/c1-4-31-23(30)20-21(16-9-11-17(28)12-10-16)27-19-8-6-5-7-18(19)25-24(27)26(22(20)29)14-13-15(2)3/h5-12,15,20-21,28H,4,13-14H2,1-3H3/t20-,21+/m1/s1. The molecule has 1 aliphatic heterocycles. The van der Waals surface area contributed by atoms with Crippen molar-refractivity contribution < 1.29 is 19.4 Å². The second-order valence-corrected chi connectivity index (χ2v) is 8.21. The van der Waals surface area contributed by atoms with Gasteiger partial charge in [-0.2, -0.15) is 0 Å². The average Bonchev–Trinajstić information content (AvgIpc) is 3.12. The van der Waals surface area contributed by atoms with Crippen LogP contribution in [0.2, 0.25) is 0 Å². The largest absolute Gasteiger partial charge is 0.508 e. The molecular weight excluding hydrogens is 394 g/mol. The number of hydrogen-bond donors (Lipinski definition) is 1. The zero-order valence-electron chi connectivity index (χ0n) is 18.0. The zero-order chi connectivity index (χ0) is 22.1. The Morgan fingerprint density at radius 1 is 1.16 bits per heavy atom. The predicted molar refractivity (Wildman–Crippen MR) is 118 cm³/mol. The first-order chi connectivity index (χ1) is 14.9. The topological polar surface area (TPSA) is 84.7 Å². The highest BCUT2D eigenvalue weighted by Crippen LogP contribution is 2.41. The number of ether oxygens (including phenoxy) is 1. The number of amides is 1. The normalized spacial score (nSPS) is 18.5. The molecule has 0 radical (unpaired) electrons. The van der Waals surface area contributed by atoms with Crippen LogP contribution in [0.15, 0.2) is 48.5 Å². The Bertz CT molecular complexity index is 1100. The molecule has 7 nitrogen and oxygen atoms in total. The van der Waals surface area contributed by atoms with Gasteiger partial charge in [-0.25, -0.2) is 4.98 Å². The van der Waals surface area contributed by atoms with Crippen LogP contribution in [0.3, 0.4) is 0 Å². The Labute approximate surface area is 181 Å². The van der Waals surface area contributed by atoms with E-state index in [2.05, 4.69) is 13.8 Å². The number of rotatable bonds is 6. The number of hydrogen-bond acceptors (Lipinski definition) is 5. The molecule has 0 saturated heterocycles. The Morgan fingerprint density at radius 2 is 1.87 bits per heavy atom. The molecule has 3 aromatic rings. The van der Waals surface area contributed by atoms with Crippen LogP contribution in [0.5, 0.6) is 5.75 Å². The molecule has 4 rings (SSSR count). The smallest absolute Gasteiger partial charge is 0.321 e. The van der Waals surface area contributed by atoms with Crippen molar-refractivity contribution in [3.63, 3.8) is 0 Å². The second-order valence-electron chi connectivity index (χ2n) is 8.21. The summed E-state index contributed by atoms with van der Waals surface area (Å²) in [7, 11) is 0. The number of para-hydroxylation sites is 2. The van der Waals surface area contributed by atoms with E-state index in [0.717, 1.165) is 23.0 Å². The van der Waals surface area contributed by atoms with Crippen molar-refractivity contribution in [1.82, 2.24) is 9.55 Å². The van der Waals surface area contributed by atoms with Crippen molar-refractivity contribution in [2.45, 2.75) is 33.2 Å². The molecule has 0 unspecified atom stereocenters. The molecule has 1 aliphatic rings. The monoisotopic (exact) mass is 421 g/mol. The first-order valence-electron chi connectivity index (χ1n) is 10.7. The first-order valence-corrected chi connectivity index (χ1v) is 10.7. The van der Waals surface area contributed by atoms with Gasteiger partial charge in [-0.1, -0.05) is 38.1 Å². The van der Waals surface area contributed by atoms with Crippen molar-refractivity contribution in [3.05, 3.63) is 54.1 Å². The van der Waals surface area contributed by atoms with Crippen LogP contribution in [-0.4, -0.2) is 39.7 Å². The maximum atomic E-state index is 13.7. The molecule has 2 aromatic carbocycles. The Morgan fingerprint density at radius 3 is 2.55 bits per heavy atom. The number of carbonyl (C=O) groups is 2. The van der Waals surface area contributed by atoms with Gasteiger partial charge in [-0.05, 0) is 49.1 Å². The third-order valence-corrected chi connectivity index (χ3v) is 5.65. The molecule has 2 heterocycles. The Kier molecular flexibility index (Phi) is 5.67. The van der Waals surface area contributed by atoms with Crippen LogP contribution in [0.1, 0.15) is 38.8 Å². The summed E-state index contributed by atoms with van der Waals surface area (Å²) in [6.45, 7) is 6.58. The van der Waals surface area contributed by atoms with E-state index >= 15 is 0 Å². The van der Waals surface area contributed by atoms with Crippen LogP contribution in [-0.2, 0) is 14.3 Å². The van der Waals surface area contributed by atoms with Gasteiger partial charge >= 0.3 is 5.97 Å². The minimum Gasteiger partial charge on any atom is -0.508 e. The number of esters is 1. The quantitative estimate of drug-likeness (QED) is 0.482. The number of imidazole rings is 1. The van der Waals surface area contributed by atoms with Gasteiger partial charge in [-0.15, -0.1) is 0 Å². The molecule has 2 atom stereocenters. The number of fused-ring (bicyclic) bond motifs is 3. The molecule has 1 N–H and O–H groups in total. The zero-order valence-corrected chi connectivity index (χ0v) is 18.0. The van der Waals surface area contributed by atoms with Crippen molar-refractivity contribution in [2.24, 2.45) is 11.8 Å². The van der Waals surface area contributed by atoms with E-state index < -0.39 is 17.9 Å². The molecule has 0 bridgehead atoms. The van der Waals surface area contributed by atoms with E-state index in [-0.39, 0.29) is 18.3 Å². The number of aromatic hydroxyl groups is 1. The lowest BCUT2D eigenvalue weighted by atomic mass is 9.89. The summed E-state index contributed by atoms with van der Waals surface area (Å²) in [4.78, 5) is 33.1. The van der Waals surface area contributed by atoms with Gasteiger partial charge in [0.15, 0.2) is 5.92 Å². The van der Waals surface area contributed by atoms with E-state index in [1.807, 2.05) is 28.8 Å². The van der Waals surface area contributed by atoms with Crippen LogP contribution in [0.25, 0.3) is 11.0 Å². The van der Waals surface area contributed by atoms with Crippen LogP contribution < -0.4 is 4.90 Å². The lowest BCUT2D eigenvalue weighted by Gasteiger charge is -2.38. The van der Waals surface area contributed by atoms with E-state index in [1.54, 1.807) is 36.1 Å². The highest BCUT2D eigenvalue weighted by Gasteiger charge is 2.47. The van der Waals surface area contributed by atoms with Crippen LogP contribution >= 0.6 is 0 Å². The van der Waals surface area contributed by atoms with Crippen molar-refractivity contribution in [3.8, 4) is 5.75 Å². The molecule has 0 spiro atoms. The minimum absolute atomic E-state index is 0.118. The molecular formula is C24H27N3O4. The predicted octanol–water partition coefficient (Wildman–Crippen LogP) is 3.90. The Hall–Kier alpha value is -3.35. The molecule has 7 heteroatoms. The Balaban J connectivity index is 1.95. The van der Waals surface area contributed by atoms with Gasteiger partial charge in [0.05, 0.1) is 23.7 Å². The number of nitrogens with zero attached hydrogens (tertiary/aromatic N) is 3. The third kappa shape index (κ3) is 3.76. The van der Waals surface area contributed by atoms with E-state index in [1.165, 1.54) is 0 Å². The number of phenolic OH excluding ortho intramolecular Hbond substituents is 1. The van der Waals surface area contributed by atoms with E-state index in [4.69, 9.17) is 9.72 Å². The minimum atomic E-state index is -1.04. The number of benzene rings is 2. The third-order valence-electron chi connectivity index (χ3n) is 5.65. The molecule has 162 valence electrons. The fourth-order valence-electron chi connectivity index (χ4n) is 4.12.